The highest BCUT2D eigenvalue weighted by atomic mass is 32.2. The first-order chi connectivity index (χ1) is 4.16. The van der Waals surface area contributed by atoms with E-state index in [1.807, 2.05) is 6.92 Å². The molecule has 0 radical (unpaired) electrons. The molecule has 9 heavy (non-hydrogen) atoms. The molecule has 0 aliphatic rings. The number of hydrogen-bond donors (Lipinski definition) is 1. The first kappa shape index (κ1) is 8.76. The van der Waals surface area contributed by atoms with Gasteiger partial charge in [0.2, 0.25) is 0 Å². The van der Waals surface area contributed by atoms with Gasteiger partial charge in [-0.1, -0.05) is 24.8 Å². The molecular formula is C7H13NS. The molecule has 0 aromatic rings. The maximum atomic E-state index is 7.13. The van der Waals surface area contributed by atoms with Crippen LogP contribution in [0.3, 0.4) is 0 Å². The second-order valence-corrected chi connectivity index (χ2v) is 3.34. The van der Waals surface area contributed by atoms with Gasteiger partial charge in [0, 0.05) is 0 Å². The van der Waals surface area contributed by atoms with Gasteiger partial charge in [0.1, 0.15) is 0 Å². The van der Waals surface area contributed by atoms with E-state index in [1.54, 1.807) is 6.92 Å². The normalized spacial score (nSPS) is 11.7. The number of thioether (sulfide) groups is 1. The molecule has 0 atom stereocenters. The van der Waals surface area contributed by atoms with Crippen LogP contribution in [0.15, 0.2) is 11.0 Å². The zero-order chi connectivity index (χ0) is 7.28. The van der Waals surface area contributed by atoms with Crippen LogP contribution in [0.5, 0.6) is 0 Å². The van der Waals surface area contributed by atoms with E-state index in [9.17, 15) is 0 Å². The SMILES string of the molecule is CC/C=C(\C)SC(C)=N. The summed E-state index contributed by atoms with van der Waals surface area (Å²) in [6.45, 7) is 5.94. The van der Waals surface area contributed by atoms with Gasteiger partial charge in [-0.2, -0.15) is 0 Å². The highest BCUT2D eigenvalue weighted by Gasteiger charge is 1.89. The van der Waals surface area contributed by atoms with Crippen molar-refractivity contribution in [3.05, 3.63) is 11.0 Å². The van der Waals surface area contributed by atoms with Crippen molar-refractivity contribution in [1.29, 1.82) is 5.41 Å². The van der Waals surface area contributed by atoms with Gasteiger partial charge in [0.05, 0.1) is 5.04 Å². The van der Waals surface area contributed by atoms with Gasteiger partial charge in [-0.15, -0.1) is 0 Å². The van der Waals surface area contributed by atoms with Crippen molar-refractivity contribution >= 4 is 16.8 Å². The highest BCUT2D eigenvalue weighted by molar-refractivity contribution is 8.17. The second kappa shape index (κ2) is 4.62. The Balaban J connectivity index is 3.62. The van der Waals surface area contributed by atoms with E-state index in [4.69, 9.17) is 5.41 Å². The molecule has 0 aromatic carbocycles. The standard InChI is InChI=1S/C7H13NS/c1-4-5-6(2)9-7(3)8/h5,8H,4H2,1-3H3/b6-5+,8-7?. The number of nitrogens with one attached hydrogen (secondary N) is 1. The molecule has 0 saturated carbocycles. The van der Waals surface area contributed by atoms with Gasteiger partial charge in [-0.05, 0) is 25.2 Å². The van der Waals surface area contributed by atoms with Crippen molar-refractivity contribution in [2.45, 2.75) is 27.2 Å². The van der Waals surface area contributed by atoms with E-state index in [0.29, 0.717) is 5.04 Å². The fraction of sp³-hybridized carbons (Fsp3) is 0.571. The van der Waals surface area contributed by atoms with Crippen LogP contribution in [0.25, 0.3) is 0 Å². The summed E-state index contributed by atoms with van der Waals surface area (Å²) < 4.78 is 0. The molecule has 1 nitrogen and oxygen atoms in total. The minimum Gasteiger partial charge on any atom is -0.298 e. The number of allylic oxidation sites excluding steroid dienone is 2. The summed E-state index contributed by atoms with van der Waals surface area (Å²) in [5.41, 5.74) is 0. The van der Waals surface area contributed by atoms with Crippen molar-refractivity contribution in [2.24, 2.45) is 0 Å². The number of hydrogen-bond acceptors (Lipinski definition) is 2. The van der Waals surface area contributed by atoms with E-state index >= 15 is 0 Å². The van der Waals surface area contributed by atoms with Crippen molar-refractivity contribution in [1.82, 2.24) is 0 Å². The van der Waals surface area contributed by atoms with Gasteiger partial charge in [-0.3, -0.25) is 5.41 Å². The lowest BCUT2D eigenvalue weighted by Crippen LogP contribution is -1.77. The molecule has 0 bridgehead atoms. The third-order valence-electron chi connectivity index (χ3n) is 0.806. The third-order valence-corrected chi connectivity index (χ3v) is 1.60. The molecule has 0 spiro atoms. The molecule has 0 saturated heterocycles. The summed E-state index contributed by atoms with van der Waals surface area (Å²) in [6, 6.07) is 0. The van der Waals surface area contributed by atoms with Crippen molar-refractivity contribution in [3.8, 4) is 0 Å². The molecule has 0 aliphatic carbocycles. The van der Waals surface area contributed by atoms with Gasteiger partial charge < -0.3 is 0 Å². The van der Waals surface area contributed by atoms with E-state index in [2.05, 4.69) is 13.0 Å². The van der Waals surface area contributed by atoms with Crippen molar-refractivity contribution in [3.63, 3.8) is 0 Å². The quantitative estimate of drug-likeness (QED) is 0.466. The first-order valence-corrected chi connectivity index (χ1v) is 3.88. The fourth-order valence-corrected chi connectivity index (χ4v) is 1.30. The summed E-state index contributed by atoms with van der Waals surface area (Å²) in [5, 5.41) is 7.79. The highest BCUT2D eigenvalue weighted by Crippen LogP contribution is 2.15. The van der Waals surface area contributed by atoms with Crippen LogP contribution < -0.4 is 0 Å². The molecule has 1 N–H and O–H groups in total. The maximum Gasteiger partial charge on any atom is 0.0654 e. The summed E-state index contributed by atoms with van der Waals surface area (Å²) >= 11 is 1.52. The maximum absolute atomic E-state index is 7.13. The van der Waals surface area contributed by atoms with Crippen LogP contribution in [-0.2, 0) is 0 Å². The third kappa shape index (κ3) is 5.63. The van der Waals surface area contributed by atoms with E-state index in [0.717, 1.165) is 6.42 Å². The summed E-state index contributed by atoms with van der Waals surface area (Å²) in [7, 11) is 0. The molecule has 0 unspecified atom stereocenters. The largest absolute Gasteiger partial charge is 0.298 e. The monoisotopic (exact) mass is 143 g/mol. The molecular weight excluding hydrogens is 130 g/mol. The van der Waals surface area contributed by atoms with Crippen LogP contribution in [0.2, 0.25) is 0 Å². The molecule has 2 heteroatoms. The van der Waals surface area contributed by atoms with E-state index < -0.39 is 0 Å². The Kier molecular flexibility index (Phi) is 4.50. The fourth-order valence-electron chi connectivity index (χ4n) is 0.571. The molecule has 0 amide bonds. The Morgan fingerprint density at radius 3 is 2.44 bits per heavy atom. The lowest BCUT2D eigenvalue weighted by molar-refractivity contribution is 1.21. The Bertz CT molecular complexity index is 127. The van der Waals surface area contributed by atoms with Crippen LogP contribution in [0.4, 0.5) is 0 Å². The van der Waals surface area contributed by atoms with E-state index in [-0.39, 0.29) is 0 Å². The van der Waals surface area contributed by atoms with Gasteiger partial charge in [0.25, 0.3) is 0 Å². The lowest BCUT2D eigenvalue weighted by Gasteiger charge is -1.95. The predicted octanol–water partition coefficient (Wildman–Crippen LogP) is 3.03. The zero-order valence-corrected chi connectivity index (χ0v) is 7.01. The van der Waals surface area contributed by atoms with E-state index in [1.165, 1.54) is 16.7 Å². The first-order valence-electron chi connectivity index (χ1n) is 3.06. The molecule has 0 heterocycles. The Labute approximate surface area is 61.0 Å². The van der Waals surface area contributed by atoms with Crippen molar-refractivity contribution < 1.29 is 0 Å². The Morgan fingerprint density at radius 1 is 1.56 bits per heavy atom. The van der Waals surface area contributed by atoms with Gasteiger partial charge >= 0.3 is 0 Å². The van der Waals surface area contributed by atoms with Gasteiger partial charge in [0.15, 0.2) is 0 Å². The molecule has 0 rings (SSSR count). The second-order valence-electron chi connectivity index (χ2n) is 1.88. The predicted molar refractivity (Wildman–Crippen MR) is 45.0 cm³/mol. The van der Waals surface area contributed by atoms with Gasteiger partial charge in [-0.25, -0.2) is 0 Å². The Hall–Kier alpha value is -0.240. The van der Waals surface area contributed by atoms with Crippen LogP contribution in [0.1, 0.15) is 27.2 Å². The lowest BCUT2D eigenvalue weighted by atomic mass is 10.4. The van der Waals surface area contributed by atoms with Crippen LogP contribution >= 0.6 is 11.8 Å². The molecule has 0 fully saturated rings. The summed E-state index contributed by atoms with van der Waals surface area (Å²) in [5.74, 6) is 0. The summed E-state index contributed by atoms with van der Waals surface area (Å²) in [4.78, 5) is 1.23. The average Bonchev–Trinajstić information content (AvgIpc) is 1.63. The molecule has 0 aromatic heterocycles. The molecule has 52 valence electrons. The van der Waals surface area contributed by atoms with Crippen LogP contribution in [0, 0.1) is 5.41 Å². The topological polar surface area (TPSA) is 23.9 Å². The number of rotatable bonds is 2. The smallest absolute Gasteiger partial charge is 0.0654 e. The summed E-state index contributed by atoms with van der Waals surface area (Å²) in [6.07, 6.45) is 3.19. The molecule has 0 aliphatic heterocycles. The average molecular weight is 143 g/mol. The van der Waals surface area contributed by atoms with Crippen molar-refractivity contribution in [2.75, 3.05) is 0 Å². The Morgan fingerprint density at radius 2 is 2.11 bits per heavy atom. The zero-order valence-electron chi connectivity index (χ0n) is 6.19. The minimum atomic E-state index is 0.664. The minimum absolute atomic E-state index is 0.664. The van der Waals surface area contributed by atoms with Crippen LogP contribution in [-0.4, -0.2) is 5.04 Å².